The molecule has 0 saturated carbocycles. The Hall–Kier alpha value is -2.60. The molecule has 0 bridgehead atoms. The minimum atomic E-state index is -3.71. The molecule has 2 rings (SSSR count). The lowest BCUT2D eigenvalue weighted by molar-refractivity contribution is 0.0953. The third-order valence-corrected chi connectivity index (χ3v) is 5.67. The molecule has 2 aromatic rings. The maximum absolute atomic E-state index is 12.9. The first-order valence-corrected chi connectivity index (χ1v) is 10.0. The van der Waals surface area contributed by atoms with Crippen molar-refractivity contribution in [3.8, 4) is 0 Å². The van der Waals surface area contributed by atoms with Crippen molar-refractivity contribution in [2.45, 2.75) is 24.7 Å². The van der Waals surface area contributed by atoms with Crippen LogP contribution in [-0.4, -0.2) is 27.4 Å². The molecule has 2 aromatic carbocycles. The fourth-order valence-corrected chi connectivity index (χ4v) is 3.90. The first-order valence-electron chi connectivity index (χ1n) is 8.57. The Labute approximate surface area is 155 Å². The summed E-state index contributed by atoms with van der Waals surface area (Å²) in [6, 6.07) is 14.8. The summed E-state index contributed by atoms with van der Waals surface area (Å²) >= 11 is 0. The highest BCUT2D eigenvalue weighted by molar-refractivity contribution is 7.92. The van der Waals surface area contributed by atoms with Crippen LogP contribution in [0.25, 0.3) is 0 Å². The van der Waals surface area contributed by atoms with E-state index in [2.05, 4.69) is 18.8 Å². The van der Waals surface area contributed by atoms with E-state index in [0.29, 0.717) is 17.8 Å². The summed E-state index contributed by atoms with van der Waals surface area (Å²) in [5.74, 6) is -0.161. The molecule has 0 heterocycles. The van der Waals surface area contributed by atoms with Gasteiger partial charge in [0.15, 0.2) is 0 Å². The molecule has 0 aromatic heterocycles. The Morgan fingerprint density at radius 3 is 2.35 bits per heavy atom. The number of hydrogen-bond acceptors (Lipinski definition) is 3. The predicted octanol–water partition coefficient (Wildman–Crippen LogP) is 3.60. The van der Waals surface area contributed by atoms with Crippen LogP contribution in [0.3, 0.4) is 0 Å². The third kappa shape index (κ3) is 4.73. The van der Waals surface area contributed by atoms with Gasteiger partial charge in [0.1, 0.15) is 0 Å². The van der Waals surface area contributed by atoms with Crippen molar-refractivity contribution < 1.29 is 13.2 Å². The van der Waals surface area contributed by atoms with Crippen molar-refractivity contribution in [2.24, 2.45) is 0 Å². The maximum Gasteiger partial charge on any atom is 0.264 e. The van der Waals surface area contributed by atoms with Crippen LogP contribution in [0, 0.1) is 0 Å². The van der Waals surface area contributed by atoms with Crippen molar-refractivity contribution in [3.05, 3.63) is 72.8 Å². The van der Waals surface area contributed by atoms with Gasteiger partial charge in [0.05, 0.1) is 17.1 Å². The first kappa shape index (κ1) is 19.7. The molecule has 6 heteroatoms. The number of hydrogen-bond donors (Lipinski definition) is 1. The second kappa shape index (κ2) is 9.20. The van der Waals surface area contributed by atoms with Crippen molar-refractivity contribution in [2.75, 3.05) is 17.4 Å². The minimum Gasteiger partial charge on any atom is -0.352 e. The van der Waals surface area contributed by atoms with Crippen molar-refractivity contribution in [1.82, 2.24) is 5.32 Å². The van der Waals surface area contributed by atoms with E-state index in [-0.39, 0.29) is 17.3 Å². The summed E-state index contributed by atoms with van der Waals surface area (Å²) < 4.78 is 27.1. The largest absolute Gasteiger partial charge is 0.352 e. The van der Waals surface area contributed by atoms with Crippen LogP contribution < -0.4 is 9.62 Å². The zero-order valence-corrected chi connectivity index (χ0v) is 15.7. The highest BCUT2D eigenvalue weighted by Gasteiger charge is 2.23. The Bertz CT molecular complexity index is 831. The van der Waals surface area contributed by atoms with Gasteiger partial charge in [-0.25, -0.2) is 8.42 Å². The number of sulfonamides is 1. The van der Waals surface area contributed by atoms with E-state index >= 15 is 0 Å². The smallest absolute Gasteiger partial charge is 0.264 e. The van der Waals surface area contributed by atoms with Gasteiger partial charge < -0.3 is 5.32 Å². The van der Waals surface area contributed by atoms with Crippen molar-refractivity contribution in [3.63, 3.8) is 0 Å². The second-order valence-corrected chi connectivity index (χ2v) is 7.66. The molecule has 0 aliphatic rings. The van der Waals surface area contributed by atoms with Crippen LogP contribution in [-0.2, 0) is 10.0 Å². The molecule has 1 amide bonds. The summed E-state index contributed by atoms with van der Waals surface area (Å²) in [4.78, 5) is 12.3. The normalized spacial score (nSPS) is 11.0. The highest BCUT2D eigenvalue weighted by Crippen LogP contribution is 2.24. The van der Waals surface area contributed by atoms with Gasteiger partial charge >= 0.3 is 0 Å². The van der Waals surface area contributed by atoms with Gasteiger partial charge in [0, 0.05) is 12.1 Å². The lowest BCUT2D eigenvalue weighted by Crippen LogP contribution is -2.31. The molecule has 26 heavy (non-hydrogen) atoms. The maximum atomic E-state index is 12.9. The van der Waals surface area contributed by atoms with E-state index in [0.717, 1.165) is 12.8 Å². The summed E-state index contributed by atoms with van der Waals surface area (Å²) in [5, 5.41) is 2.84. The van der Waals surface area contributed by atoms with Gasteiger partial charge in [-0.05, 0) is 42.8 Å². The second-order valence-electron chi connectivity index (χ2n) is 5.79. The SMILES string of the molecule is C=CCN(c1ccc(C(=O)NCCCC)cc1)S(=O)(=O)c1ccccc1. The Balaban J connectivity index is 2.25. The molecule has 0 atom stereocenters. The molecular formula is C20H24N2O3S. The Morgan fingerprint density at radius 1 is 1.12 bits per heavy atom. The predicted molar refractivity (Wildman–Crippen MR) is 105 cm³/mol. The van der Waals surface area contributed by atoms with Gasteiger partial charge in [-0.2, -0.15) is 0 Å². The molecule has 138 valence electrons. The summed E-state index contributed by atoms with van der Waals surface area (Å²) in [6.07, 6.45) is 3.46. The van der Waals surface area contributed by atoms with Crippen LogP contribution in [0.4, 0.5) is 5.69 Å². The Morgan fingerprint density at radius 2 is 1.77 bits per heavy atom. The lowest BCUT2D eigenvalue weighted by Gasteiger charge is -2.23. The monoisotopic (exact) mass is 372 g/mol. The summed E-state index contributed by atoms with van der Waals surface area (Å²) in [5.41, 5.74) is 0.986. The van der Waals surface area contributed by atoms with Crippen LogP contribution in [0.15, 0.2) is 72.1 Å². The fourth-order valence-electron chi connectivity index (χ4n) is 2.44. The third-order valence-electron chi connectivity index (χ3n) is 3.86. The number of amides is 1. The van der Waals surface area contributed by atoms with Crippen molar-refractivity contribution >= 4 is 21.6 Å². The molecule has 0 aliphatic carbocycles. The Kier molecular flexibility index (Phi) is 6.97. The molecule has 0 saturated heterocycles. The zero-order chi connectivity index (χ0) is 19.0. The molecule has 0 aliphatic heterocycles. The van der Waals surface area contributed by atoms with E-state index in [1.807, 2.05) is 0 Å². The average molecular weight is 372 g/mol. The highest BCUT2D eigenvalue weighted by atomic mass is 32.2. The van der Waals surface area contributed by atoms with Gasteiger partial charge in [0.2, 0.25) is 0 Å². The molecule has 5 nitrogen and oxygen atoms in total. The number of nitrogens with one attached hydrogen (secondary N) is 1. The van der Waals surface area contributed by atoms with E-state index in [1.54, 1.807) is 54.6 Å². The summed E-state index contributed by atoms with van der Waals surface area (Å²) in [6.45, 7) is 6.47. The van der Waals surface area contributed by atoms with E-state index in [9.17, 15) is 13.2 Å². The topological polar surface area (TPSA) is 66.5 Å². The minimum absolute atomic E-state index is 0.138. The van der Waals surface area contributed by atoms with Gasteiger partial charge in [0.25, 0.3) is 15.9 Å². The fraction of sp³-hybridized carbons (Fsp3) is 0.250. The molecule has 0 spiro atoms. The quantitative estimate of drug-likeness (QED) is 0.540. The zero-order valence-electron chi connectivity index (χ0n) is 14.9. The number of carbonyl (C=O) groups excluding carboxylic acids is 1. The van der Waals surface area contributed by atoms with E-state index in [4.69, 9.17) is 0 Å². The first-order chi connectivity index (χ1) is 12.5. The van der Waals surface area contributed by atoms with Crippen molar-refractivity contribution in [1.29, 1.82) is 0 Å². The number of nitrogens with zero attached hydrogens (tertiary/aromatic N) is 1. The van der Waals surface area contributed by atoms with Gasteiger partial charge in [-0.3, -0.25) is 9.10 Å². The number of anilines is 1. The van der Waals surface area contributed by atoms with Gasteiger partial charge in [-0.1, -0.05) is 37.6 Å². The van der Waals surface area contributed by atoms with E-state index in [1.165, 1.54) is 10.4 Å². The number of benzene rings is 2. The van der Waals surface area contributed by atoms with Crippen LogP contribution in [0.1, 0.15) is 30.1 Å². The van der Waals surface area contributed by atoms with Gasteiger partial charge in [-0.15, -0.1) is 6.58 Å². The number of carbonyl (C=O) groups is 1. The molecule has 1 N–H and O–H groups in total. The number of unbranched alkanes of at least 4 members (excludes halogenated alkanes) is 1. The van der Waals surface area contributed by atoms with Crippen LogP contribution in [0.2, 0.25) is 0 Å². The molecule has 0 fully saturated rings. The van der Waals surface area contributed by atoms with Crippen LogP contribution >= 0.6 is 0 Å². The number of rotatable bonds is 9. The molecular weight excluding hydrogens is 348 g/mol. The molecule has 0 unspecified atom stereocenters. The standard InChI is InChI=1S/C20H24N2O3S/c1-3-5-15-21-20(23)17-11-13-18(14-12-17)22(16-4-2)26(24,25)19-9-7-6-8-10-19/h4,6-14H,2-3,5,15-16H2,1H3,(H,21,23). The lowest BCUT2D eigenvalue weighted by atomic mass is 10.2. The summed E-state index contributed by atoms with van der Waals surface area (Å²) in [7, 11) is -3.71. The molecule has 0 radical (unpaired) electrons. The van der Waals surface area contributed by atoms with Crippen LogP contribution in [0.5, 0.6) is 0 Å². The van der Waals surface area contributed by atoms with E-state index < -0.39 is 10.0 Å². The average Bonchev–Trinajstić information content (AvgIpc) is 2.67.